The molecule has 1 atom stereocenters. The summed E-state index contributed by atoms with van der Waals surface area (Å²) in [5, 5.41) is 4.51. The number of nitrogens with one attached hydrogen (secondary N) is 1. The molecule has 1 fully saturated rings. The first-order valence-electron chi connectivity index (χ1n) is 11.9. The second-order valence-corrected chi connectivity index (χ2v) is 9.19. The Morgan fingerprint density at radius 3 is 2.83 bits per heavy atom. The largest absolute Gasteiger partial charge is 0.385 e. The fourth-order valence-corrected chi connectivity index (χ4v) is 4.60. The second-order valence-electron chi connectivity index (χ2n) is 8.78. The van der Waals surface area contributed by atoms with Crippen LogP contribution in [0.25, 0.3) is 33.4 Å². The van der Waals surface area contributed by atoms with Crippen LogP contribution in [0.2, 0.25) is 5.02 Å². The molecule has 0 saturated carbocycles. The van der Waals surface area contributed by atoms with E-state index in [2.05, 4.69) is 20.3 Å². The van der Waals surface area contributed by atoms with Gasteiger partial charge in [-0.05, 0) is 31.9 Å². The summed E-state index contributed by atoms with van der Waals surface area (Å²) in [5.41, 5.74) is 3.89. The Bertz CT molecular complexity index is 1450. The van der Waals surface area contributed by atoms with Crippen molar-refractivity contribution in [2.75, 3.05) is 32.2 Å². The van der Waals surface area contributed by atoms with Crippen LogP contribution in [0.3, 0.4) is 0 Å². The van der Waals surface area contributed by atoms with Crippen LogP contribution in [-0.4, -0.2) is 57.5 Å². The number of halogens is 1. The first-order valence-corrected chi connectivity index (χ1v) is 12.2. The van der Waals surface area contributed by atoms with E-state index >= 15 is 0 Å². The molecular weight excluding hydrogens is 480 g/mol. The molecule has 0 radical (unpaired) electrons. The molecule has 0 unspecified atom stereocenters. The minimum Gasteiger partial charge on any atom is -0.385 e. The van der Waals surface area contributed by atoms with E-state index in [-0.39, 0.29) is 11.6 Å². The number of methoxy groups -OCH3 is 1. The van der Waals surface area contributed by atoms with Crippen molar-refractivity contribution in [3.05, 3.63) is 63.9 Å². The summed E-state index contributed by atoms with van der Waals surface area (Å²) in [5.74, 6) is 0.479. The minimum absolute atomic E-state index is 0.158. The molecule has 1 aliphatic heterocycles. The number of nitrogens with zero attached hydrogens (tertiary/aromatic N) is 5. The van der Waals surface area contributed by atoms with Crippen molar-refractivity contribution in [3.8, 4) is 22.4 Å². The summed E-state index contributed by atoms with van der Waals surface area (Å²) >= 11 is 6.71. The fraction of sp³-hybridized carbons (Fsp3) is 0.346. The first kappa shape index (κ1) is 24.3. The van der Waals surface area contributed by atoms with Crippen LogP contribution < -0.4 is 10.9 Å². The molecule has 9 nitrogen and oxygen atoms in total. The number of ether oxygens (including phenoxy) is 2. The van der Waals surface area contributed by atoms with Gasteiger partial charge in [-0.1, -0.05) is 23.7 Å². The van der Waals surface area contributed by atoms with Crippen LogP contribution in [0.4, 0.5) is 5.95 Å². The van der Waals surface area contributed by atoms with Gasteiger partial charge in [-0.25, -0.2) is 9.97 Å². The van der Waals surface area contributed by atoms with Crippen LogP contribution in [0.15, 0.2) is 47.7 Å². The number of rotatable bonds is 8. The number of aromatic nitrogens is 5. The van der Waals surface area contributed by atoms with Crippen LogP contribution >= 0.6 is 11.6 Å². The predicted molar refractivity (Wildman–Crippen MR) is 139 cm³/mol. The van der Waals surface area contributed by atoms with E-state index in [9.17, 15) is 4.79 Å². The highest BCUT2D eigenvalue weighted by atomic mass is 35.5. The van der Waals surface area contributed by atoms with E-state index < -0.39 is 0 Å². The van der Waals surface area contributed by atoms with E-state index in [1.54, 1.807) is 36.3 Å². The molecule has 0 bridgehead atoms. The molecule has 1 aliphatic rings. The van der Waals surface area contributed by atoms with E-state index in [1.165, 1.54) is 0 Å². The topological polar surface area (TPSA) is 104 Å². The number of aryl methyl sites for hydroxylation is 2. The van der Waals surface area contributed by atoms with Crippen molar-refractivity contribution in [3.63, 3.8) is 0 Å². The van der Waals surface area contributed by atoms with Gasteiger partial charge >= 0.3 is 0 Å². The molecule has 1 aromatic carbocycles. The molecule has 0 spiro atoms. The molecule has 186 valence electrons. The molecule has 0 amide bonds. The number of pyridine rings is 1. The van der Waals surface area contributed by atoms with E-state index in [1.807, 2.05) is 25.1 Å². The lowest BCUT2D eigenvalue weighted by molar-refractivity contribution is 0.190. The van der Waals surface area contributed by atoms with Crippen molar-refractivity contribution in [2.24, 2.45) is 0 Å². The monoisotopic (exact) mass is 506 g/mol. The Hall–Kier alpha value is -3.40. The molecule has 10 heteroatoms. The Kier molecular flexibility index (Phi) is 7.22. The van der Waals surface area contributed by atoms with Crippen LogP contribution in [0, 0.1) is 6.92 Å². The highest BCUT2D eigenvalue weighted by Gasteiger charge is 2.19. The third kappa shape index (κ3) is 5.09. The molecule has 3 aromatic heterocycles. The summed E-state index contributed by atoms with van der Waals surface area (Å²) in [7, 11) is 1.64. The third-order valence-electron chi connectivity index (χ3n) is 6.13. The summed E-state index contributed by atoms with van der Waals surface area (Å²) < 4.78 is 12.3. The third-order valence-corrected chi connectivity index (χ3v) is 6.44. The van der Waals surface area contributed by atoms with Crippen molar-refractivity contribution < 1.29 is 9.47 Å². The van der Waals surface area contributed by atoms with Crippen LogP contribution in [0.5, 0.6) is 0 Å². The molecule has 5 rings (SSSR count). The highest BCUT2D eigenvalue weighted by Crippen LogP contribution is 2.31. The SMILES string of the molecule is COCCCn1c(=O)c(-c2ccc(-c3cncc(C)n3)cc2Cl)cc2cnc(N[C@H]3CCOC3)nc21. The van der Waals surface area contributed by atoms with Gasteiger partial charge in [-0.2, -0.15) is 4.98 Å². The van der Waals surface area contributed by atoms with Gasteiger partial charge in [-0.15, -0.1) is 0 Å². The van der Waals surface area contributed by atoms with Crippen molar-refractivity contribution in [1.82, 2.24) is 24.5 Å². The number of fused-ring (bicyclic) bond motifs is 1. The summed E-state index contributed by atoms with van der Waals surface area (Å²) in [6, 6.07) is 7.52. The normalized spacial score (nSPS) is 15.5. The smallest absolute Gasteiger partial charge is 0.260 e. The molecule has 1 N–H and O–H groups in total. The molecule has 36 heavy (non-hydrogen) atoms. The maximum atomic E-state index is 13.7. The second kappa shape index (κ2) is 10.7. The Balaban J connectivity index is 1.57. The number of anilines is 1. The summed E-state index contributed by atoms with van der Waals surface area (Å²) in [6.07, 6.45) is 6.68. The quantitative estimate of drug-likeness (QED) is 0.356. The van der Waals surface area contributed by atoms with E-state index in [0.29, 0.717) is 60.5 Å². The Morgan fingerprint density at radius 1 is 1.19 bits per heavy atom. The lowest BCUT2D eigenvalue weighted by Gasteiger charge is -2.15. The predicted octanol–water partition coefficient (Wildman–Crippen LogP) is 4.11. The molecule has 4 aromatic rings. The van der Waals surface area contributed by atoms with Gasteiger partial charge in [0.2, 0.25) is 5.95 Å². The van der Waals surface area contributed by atoms with Crippen molar-refractivity contribution in [2.45, 2.75) is 32.4 Å². The zero-order valence-corrected chi connectivity index (χ0v) is 21.0. The van der Waals surface area contributed by atoms with Gasteiger partial charge in [0.15, 0.2) is 0 Å². The summed E-state index contributed by atoms with van der Waals surface area (Å²) in [6.45, 7) is 4.20. The zero-order valence-electron chi connectivity index (χ0n) is 20.2. The van der Waals surface area contributed by atoms with E-state index in [0.717, 1.165) is 28.8 Å². The average molecular weight is 507 g/mol. The molecule has 0 aliphatic carbocycles. The van der Waals surface area contributed by atoms with Gasteiger partial charge in [-0.3, -0.25) is 14.3 Å². The Labute approximate surface area is 213 Å². The molecule has 1 saturated heterocycles. The average Bonchev–Trinajstić information content (AvgIpc) is 3.38. The first-order chi connectivity index (χ1) is 17.5. The molecule has 4 heterocycles. The minimum atomic E-state index is -0.169. The zero-order chi connectivity index (χ0) is 25.1. The lowest BCUT2D eigenvalue weighted by Crippen LogP contribution is -2.25. The van der Waals surface area contributed by atoms with Crippen LogP contribution in [-0.2, 0) is 16.0 Å². The Morgan fingerprint density at radius 2 is 2.08 bits per heavy atom. The maximum absolute atomic E-state index is 13.7. The maximum Gasteiger partial charge on any atom is 0.260 e. The fourth-order valence-electron chi connectivity index (χ4n) is 4.32. The number of hydrogen-bond acceptors (Lipinski definition) is 8. The number of hydrogen-bond donors (Lipinski definition) is 1. The van der Waals surface area contributed by atoms with Crippen molar-refractivity contribution in [1.29, 1.82) is 0 Å². The summed E-state index contributed by atoms with van der Waals surface area (Å²) in [4.78, 5) is 31.6. The van der Waals surface area contributed by atoms with Gasteiger partial charge in [0.1, 0.15) is 5.65 Å². The van der Waals surface area contributed by atoms with Crippen molar-refractivity contribution >= 4 is 28.6 Å². The van der Waals surface area contributed by atoms with Gasteiger partial charge < -0.3 is 14.8 Å². The highest BCUT2D eigenvalue weighted by molar-refractivity contribution is 6.33. The standard InChI is InChI=1S/C26H27ClN6O3/c1-16-12-28-14-23(30-16)17-4-5-20(22(27)11-17)21-10-18-13-29-26(31-19-6-9-36-15-19)32-24(18)33(25(21)34)7-3-8-35-2/h4-5,10-14,19H,3,6-9,15H2,1-2H3,(H,29,31,32)/t19-/m0/s1. The van der Waals surface area contributed by atoms with Crippen LogP contribution in [0.1, 0.15) is 18.5 Å². The van der Waals surface area contributed by atoms with Gasteiger partial charge in [0, 0.05) is 66.4 Å². The number of benzene rings is 1. The lowest BCUT2D eigenvalue weighted by atomic mass is 10.0. The molecular formula is C26H27ClN6O3. The van der Waals surface area contributed by atoms with E-state index in [4.69, 9.17) is 26.1 Å². The van der Waals surface area contributed by atoms with Gasteiger partial charge in [0.05, 0.1) is 30.2 Å². The van der Waals surface area contributed by atoms with Gasteiger partial charge in [0.25, 0.3) is 5.56 Å².